The van der Waals surface area contributed by atoms with Gasteiger partial charge in [0, 0.05) is 24.8 Å². The standard InChI is InChI=1S/C27H31F2NO6S/c1-34-27(31)22-15-21(6-9-25(22)36-16-17-10-12-35-13-11-17)37(32,33)30-23(18-2-3-18)7-4-19-14-20(26(28)29)5-8-24(19)30/h5-6,8-9,14-15,17-18,23,26H,2-4,7,10-13,16H2,1H3. The Balaban J connectivity index is 1.50. The van der Waals surface area contributed by atoms with E-state index in [4.69, 9.17) is 14.2 Å². The number of rotatable bonds is 8. The van der Waals surface area contributed by atoms with Crippen LogP contribution in [0.1, 0.15) is 60.0 Å². The summed E-state index contributed by atoms with van der Waals surface area (Å²) in [5, 5.41) is 0. The Morgan fingerprint density at radius 1 is 1.08 bits per heavy atom. The number of fused-ring (bicyclic) bond motifs is 1. The minimum Gasteiger partial charge on any atom is -0.492 e. The van der Waals surface area contributed by atoms with E-state index in [0.29, 0.717) is 43.9 Å². The fraction of sp³-hybridized carbons (Fsp3) is 0.519. The predicted molar refractivity (Wildman–Crippen MR) is 133 cm³/mol. The molecule has 0 bridgehead atoms. The van der Waals surface area contributed by atoms with Crippen LogP contribution in [0.5, 0.6) is 5.75 Å². The highest BCUT2D eigenvalue weighted by Gasteiger charge is 2.44. The number of hydrogen-bond acceptors (Lipinski definition) is 6. The molecule has 10 heteroatoms. The fourth-order valence-electron chi connectivity index (χ4n) is 5.27. The lowest BCUT2D eigenvalue weighted by Crippen LogP contribution is -2.45. The SMILES string of the molecule is COC(=O)c1cc(S(=O)(=O)N2c3ccc(C(F)F)cc3CCC2C2CC2)ccc1OCC1CCOCC1. The summed E-state index contributed by atoms with van der Waals surface area (Å²) in [5.41, 5.74) is 0.916. The zero-order chi connectivity index (χ0) is 26.2. The monoisotopic (exact) mass is 535 g/mol. The van der Waals surface area contributed by atoms with Crippen molar-refractivity contribution in [2.24, 2.45) is 11.8 Å². The molecular formula is C27H31F2NO6S. The molecule has 0 spiro atoms. The van der Waals surface area contributed by atoms with Crippen LogP contribution < -0.4 is 9.04 Å². The molecule has 1 aliphatic carbocycles. The molecule has 0 aromatic heterocycles. The number of carbonyl (C=O) groups excluding carboxylic acids is 1. The van der Waals surface area contributed by atoms with E-state index < -0.39 is 22.4 Å². The third-order valence-electron chi connectivity index (χ3n) is 7.50. The molecule has 1 saturated carbocycles. The minimum atomic E-state index is -4.11. The van der Waals surface area contributed by atoms with Gasteiger partial charge in [-0.1, -0.05) is 6.07 Å². The first-order chi connectivity index (χ1) is 17.8. The van der Waals surface area contributed by atoms with Crippen LogP contribution in [0.3, 0.4) is 0 Å². The van der Waals surface area contributed by atoms with Crippen molar-refractivity contribution in [3.8, 4) is 5.75 Å². The van der Waals surface area contributed by atoms with Gasteiger partial charge in [-0.25, -0.2) is 22.0 Å². The molecule has 1 saturated heterocycles. The van der Waals surface area contributed by atoms with Gasteiger partial charge in [0.1, 0.15) is 11.3 Å². The Labute approximate surface area is 215 Å². The molecule has 2 fully saturated rings. The van der Waals surface area contributed by atoms with E-state index in [-0.39, 0.29) is 39.6 Å². The quantitative estimate of drug-likeness (QED) is 0.436. The molecule has 200 valence electrons. The van der Waals surface area contributed by atoms with Gasteiger partial charge in [0.15, 0.2) is 0 Å². The average molecular weight is 536 g/mol. The highest BCUT2D eigenvalue weighted by Crippen LogP contribution is 2.46. The lowest BCUT2D eigenvalue weighted by molar-refractivity contribution is 0.0483. The number of anilines is 1. The largest absolute Gasteiger partial charge is 0.492 e. The zero-order valence-corrected chi connectivity index (χ0v) is 21.5. The minimum absolute atomic E-state index is 0.0314. The molecule has 2 aromatic rings. The Bertz CT molecular complexity index is 1260. The first-order valence-electron chi connectivity index (χ1n) is 12.7. The number of aryl methyl sites for hydroxylation is 1. The van der Waals surface area contributed by atoms with E-state index >= 15 is 0 Å². The summed E-state index contributed by atoms with van der Waals surface area (Å²) in [5.74, 6) is 0.0693. The maximum Gasteiger partial charge on any atom is 0.341 e. The van der Waals surface area contributed by atoms with Crippen molar-refractivity contribution < 1.29 is 36.2 Å². The van der Waals surface area contributed by atoms with Gasteiger partial charge in [-0.15, -0.1) is 0 Å². The van der Waals surface area contributed by atoms with Gasteiger partial charge in [0.2, 0.25) is 0 Å². The summed E-state index contributed by atoms with van der Waals surface area (Å²) in [7, 11) is -2.88. The molecule has 2 heterocycles. The molecule has 2 aromatic carbocycles. The predicted octanol–water partition coefficient (Wildman–Crippen LogP) is 5.14. The third kappa shape index (κ3) is 5.31. The van der Waals surface area contributed by atoms with Crippen molar-refractivity contribution >= 4 is 21.7 Å². The molecule has 0 radical (unpaired) electrons. The normalized spacial score (nSPS) is 20.5. The van der Waals surface area contributed by atoms with E-state index in [1.807, 2.05) is 0 Å². The van der Waals surface area contributed by atoms with Crippen LogP contribution in [0, 0.1) is 11.8 Å². The Kier molecular flexibility index (Phi) is 7.40. The molecule has 37 heavy (non-hydrogen) atoms. The molecule has 7 nitrogen and oxygen atoms in total. The second kappa shape index (κ2) is 10.6. The number of esters is 1. The van der Waals surface area contributed by atoms with E-state index in [9.17, 15) is 22.0 Å². The number of hydrogen-bond donors (Lipinski definition) is 0. The Morgan fingerprint density at radius 3 is 2.51 bits per heavy atom. The van der Waals surface area contributed by atoms with Crippen molar-refractivity contribution in [3.63, 3.8) is 0 Å². The van der Waals surface area contributed by atoms with E-state index in [1.54, 1.807) is 0 Å². The number of sulfonamides is 1. The van der Waals surface area contributed by atoms with Gasteiger partial charge >= 0.3 is 5.97 Å². The van der Waals surface area contributed by atoms with E-state index in [1.165, 1.54) is 47.8 Å². The number of alkyl halides is 2. The number of carbonyl (C=O) groups is 1. The summed E-state index contributed by atoms with van der Waals surface area (Å²) in [6, 6.07) is 8.14. The van der Waals surface area contributed by atoms with Crippen molar-refractivity contribution in [3.05, 3.63) is 53.1 Å². The Hall–Kier alpha value is -2.72. The van der Waals surface area contributed by atoms with Gasteiger partial charge in [-0.3, -0.25) is 4.31 Å². The van der Waals surface area contributed by atoms with Crippen LogP contribution in [-0.2, 0) is 25.9 Å². The Morgan fingerprint density at radius 2 is 1.84 bits per heavy atom. The number of halogens is 2. The molecule has 0 amide bonds. The number of benzene rings is 2. The van der Waals surface area contributed by atoms with Crippen molar-refractivity contribution in [1.82, 2.24) is 0 Å². The summed E-state index contributed by atoms with van der Waals surface area (Å²) in [4.78, 5) is 12.6. The summed E-state index contributed by atoms with van der Waals surface area (Å²) in [6.45, 7) is 1.70. The van der Waals surface area contributed by atoms with Crippen molar-refractivity contribution in [1.29, 1.82) is 0 Å². The van der Waals surface area contributed by atoms with Crippen LogP contribution in [0.15, 0.2) is 41.3 Å². The molecule has 1 atom stereocenters. The second-order valence-electron chi connectivity index (χ2n) is 9.95. The van der Waals surface area contributed by atoms with Gasteiger partial charge in [-0.05, 0) is 86.3 Å². The maximum atomic E-state index is 14.1. The first kappa shape index (κ1) is 25.9. The van der Waals surface area contributed by atoms with Crippen LogP contribution in [0.4, 0.5) is 14.5 Å². The van der Waals surface area contributed by atoms with Crippen LogP contribution in [0.25, 0.3) is 0 Å². The average Bonchev–Trinajstić information content (AvgIpc) is 3.76. The molecule has 5 rings (SSSR count). The highest BCUT2D eigenvalue weighted by atomic mass is 32.2. The van der Waals surface area contributed by atoms with Crippen molar-refractivity contribution in [2.75, 3.05) is 31.2 Å². The maximum absolute atomic E-state index is 14.1. The number of methoxy groups -OCH3 is 1. The first-order valence-corrected chi connectivity index (χ1v) is 14.1. The summed E-state index contributed by atoms with van der Waals surface area (Å²) < 4.78 is 72.4. The van der Waals surface area contributed by atoms with E-state index in [0.717, 1.165) is 25.7 Å². The van der Waals surface area contributed by atoms with Crippen LogP contribution >= 0.6 is 0 Å². The van der Waals surface area contributed by atoms with Gasteiger partial charge in [0.05, 0.1) is 24.3 Å². The molecule has 3 aliphatic rings. The van der Waals surface area contributed by atoms with Gasteiger partial charge < -0.3 is 14.2 Å². The fourth-order valence-corrected chi connectivity index (χ4v) is 7.08. The second-order valence-corrected chi connectivity index (χ2v) is 11.8. The lowest BCUT2D eigenvalue weighted by atomic mass is 9.94. The highest BCUT2D eigenvalue weighted by molar-refractivity contribution is 7.92. The molecule has 2 aliphatic heterocycles. The topological polar surface area (TPSA) is 82.1 Å². The third-order valence-corrected chi connectivity index (χ3v) is 9.33. The summed E-state index contributed by atoms with van der Waals surface area (Å²) in [6.07, 6.45) is 2.01. The molecular weight excluding hydrogens is 504 g/mol. The van der Waals surface area contributed by atoms with Crippen LogP contribution in [0.2, 0.25) is 0 Å². The molecule has 1 unspecified atom stereocenters. The van der Waals surface area contributed by atoms with E-state index in [2.05, 4.69) is 0 Å². The summed E-state index contributed by atoms with van der Waals surface area (Å²) >= 11 is 0. The van der Waals surface area contributed by atoms with Gasteiger partial charge in [0.25, 0.3) is 16.4 Å². The smallest absolute Gasteiger partial charge is 0.341 e. The lowest BCUT2D eigenvalue weighted by Gasteiger charge is -2.38. The number of nitrogens with zero attached hydrogens (tertiary/aromatic N) is 1. The number of ether oxygens (including phenoxy) is 3. The van der Waals surface area contributed by atoms with Crippen LogP contribution in [-0.4, -0.2) is 47.4 Å². The van der Waals surface area contributed by atoms with Gasteiger partial charge in [-0.2, -0.15) is 0 Å². The zero-order valence-electron chi connectivity index (χ0n) is 20.7. The molecule has 0 N–H and O–H groups in total. The van der Waals surface area contributed by atoms with Crippen molar-refractivity contribution in [2.45, 2.75) is 55.9 Å².